The van der Waals surface area contributed by atoms with Crippen LogP contribution >= 0.6 is 23.4 Å². The number of rotatable bonds is 9. The fourth-order valence-electron chi connectivity index (χ4n) is 3.63. The van der Waals surface area contributed by atoms with Crippen LogP contribution in [0.4, 0.5) is 5.69 Å². The number of hydrogen-bond acceptors (Lipinski definition) is 6. The number of para-hydroxylation sites is 1. The lowest BCUT2D eigenvalue weighted by atomic mass is 10.1. The third-order valence-electron chi connectivity index (χ3n) is 5.29. The van der Waals surface area contributed by atoms with E-state index in [0.29, 0.717) is 46.4 Å². The van der Waals surface area contributed by atoms with E-state index in [1.54, 1.807) is 18.1 Å². The maximum atomic E-state index is 13.5. The molecule has 1 heterocycles. The van der Waals surface area contributed by atoms with E-state index in [0.717, 1.165) is 22.6 Å². The molecule has 0 aliphatic carbocycles. The Bertz CT molecular complexity index is 1280. The van der Waals surface area contributed by atoms with Crippen LogP contribution in [0.3, 0.4) is 0 Å². The molecular weight excluding hydrogens is 496 g/mol. The fourth-order valence-corrected chi connectivity index (χ4v) is 4.90. The number of ether oxygens (including phenoxy) is 3. The Morgan fingerprint density at radius 2 is 1.72 bits per heavy atom. The van der Waals surface area contributed by atoms with E-state index in [2.05, 4.69) is 0 Å². The highest BCUT2D eigenvalue weighted by Gasteiger charge is 2.33. The van der Waals surface area contributed by atoms with Crippen molar-refractivity contribution in [3.63, 3.8) is 0 Å². The number of carbonyl (C=O) groups is 1. The first kappa shape index (κ1) is 25.7. The van der Waals surface area contributed by atoms with Crippen molar-refractivity contribution < 1.29 is 19.0 Å². The maximum Gasteiger partial charge on any atom is 0.267 e. The van der Waals surface area contributed by atoms with E-state index < -0.39 is 0 Å². The van der Waals surface area contributed by atoms with Gasteiger partial charge in [0.15, 0.2) is 16.7 Å². The van der Waals surface area contributed by atoms with Gasteiger partial charge in [0.2, 0.25) is 0 Å². The van der Waals surface area contributed by atoms with Gasteiger partial charge in [-0.1, -0.05) is 41.9 Å². The molecule has 4 rings (SSSR count). The molecular formula is C28H27ClN2O4S. The molecule has 0 unspecified atom stereocenters. The van der Waals surface area contributed by atoms with Crippen molar-refractivity contribution >= 4 is 46.2 Å². The number of benzene rings is 3. The van der Waals surface area contributed by atoms with Gasteiger partial charge in [0, 0.05) is 0 Å². The van der Waals surface area contributed by atoms with Crippen molar-refractivity contribution in [1.29, 1.82) is 0 Å². The number of amidine groups is 1. The SMILES string of the molecule is CCOc1cc(/C=C2\SC(=Nc3ccccc3)N(Cc3ccc(OC)cc3)C2=O)cc(Cl)c1OCC. The standard InChI is InChI=1S/C28H27ClN2O4S/c1-4-34-24-16-20(15-23(29)26(24)35-5-2)17-25-27(32)31(18-19-11-13-22(33-3)14-12-19)28(36-25)30-21-9-7-6-8-10-21/h6-17H,4-5,18H2,1-3H3/b25-17-,30-28?. The van der Waals surface area contributed by atoms with E-state index in [1.165, 1.54) is 11.8 Å². The third kappa shape index (κ3) is 6.04. The summed E-state index contributed by atoms with van der Waals surface area (Å²) in [4.78, 5) is 20.5. The molecule has 6 nitrogen and oxygen atoms in total. The van der Waals surface area contributed by atoms with E-state index in [1.807, 2.05) is 80.6 Å². The van der Waals surface area contributed by atoms with Gasteiger partial charge in [-0.05, 0) is 79.2 Å². The molecule has 0 radical (unpaired) electrons. The Morgan fingerprint density at radius 3 is 2.39 bits per heavy atom. The Kier molecular flexibility index (Phi) is 8.57. The molecule has 36 heavy (non-hydrogen) atoms. The highest BCUT2D eigenvalue weighted by atomic mass is 35.5. The van der Waals surface area contributed by atoms with Crippen LogP contribution in [0.2, 0.25) is 5.02 Å². The van der Waals surface area contributed by atoms with E-state index >= 15 is 0 Å². The number of amides is 1. The second kappa shape index (κ2) is 12.0. The normalized spacial score (nSPS) is 15.6. The van der Waals surface area contributed by atoms with Crippen LogP contribution in [0.5, 0.6) is 17.2 Å². The van der Waals surface area contributed by atoms with Crippen molar-refractivity contribution in [2.75, 3.05) is 20.3 Å². The highest BCUT2D eigenvalue weighted by molar-refractivity contribution is 8.18. The van der Waals surface area contributed by atoms with Crippen LogP contribution in [-0.4, -0.2) is 36.3 Å². The first-order valence-electron chi connectivity index (χ1n) is 11.6. The average Bonchev–Trinajstić information content (AvgIpc) is 3.16. The molecule has 1 aliphatic rings. The monoisotopic (exact) mass is 522 g/mol. The summed E-state index contributed by atoms with van der Waals surface area (Å²) in [6, 6.07) is 20.8. The van der Waals surface area contributed by atoms with Crippen molar-refractivity contribution in [2.45, 2.75) is 20.4 Å². The van der Waals surface area contributed by atoms with Crippen LogP contribution in [-0.2, 0) is 11.3 Å². The van der Waals surface area contributed by atoms with Gasteiger partial charge in [-0.2, -0.15) is 0 Å². The van der Waals surface area contributed by atoms with Crippen molar-refractivity contribution in [1.82, 2.24) is 4.90 Å². The van der Waals surface area contributed by atoms with Crippen LogP contribution in [0.25, 0.3) is 6.08 Å². The molecule has 3 aromatic carbocycles. The van der Waals surface area contributed by atoms with Gasteiger partial charge in [0.1, 0.15) is 5.75 Å². The second-order valence-corrected chi connectivity index (χ2v) is 9.19. The minimum Gasteiger partial charge on any atom is -0.497 e. The summed E-state index contributed by atoms with van der Waals surface area (Å²) in [5.74, 6) is 1.68. The van der Waals surface area contributed by atoms with Crippen LogP contribution in [0.15, 0.2) is 76.6 Å². The van der Waals surface area contributed by atoms with Crippen LogP contribution in [0.1, 0.15) is 25.0 Å². The van der Waals surface area contributed by atoms with Gasteiger partial charge in [0.05, 0.1) is 42.5 Å². The number of thioether (sulfide) groups is 1. The molecule has 1 aliphatic heterocycles. The topological polar surface area (TPSA) is 60.4 Å². The number of hydrogen-bond donors (Lipinski definition) is 0. The van der Waals surface area contributed by atoms with Gasteiger partial charge < -0.3 is 14.2 Å². The lowest BCUT2D eigenvalue weighted by molar-refractivity contribution is -0.122. The van der Waals surface area contributed by atoms with Gasteiger partial charge in [0.25, 0.3) is 5.91 Å². The van der Waals surface area contributed by atoms with Crippen LogP contribution in [0, 0.1) is 0 Å². The highest BCUT2D eigenvalue weighted by Crippen LogP contribution is 2.40. The number of halogens is 1. The number of carbonyl (C=O) groups excluding carboxylic acids is 1. The first-order chi connectivity index (χ1) is 17.5. The largest absolute Gasteiger partial charge is 0.497 e. The van der Waals surface area contributed by atoms with Gasteiger partial charge in [-0.3, -0.25) is 9.69 Å². The summed E-state index contributed by atoms with van der Waals surface area (Å²) in [5.41, 5.74) is 2.49. The summed E-state index contributed by atoms with van der Waals surface area (Å²) in [7, 11) is 1.63. The molecule has 0 saturated carbocycles. The summed E-state index contributed by atoms with van der Waals surface area (Å²) in [6.07, 6.45) is 1.81. The van der Waals surface area contributed by atoms with Gasteiger partial charge >= 0.3 is 0 Å². The van der Waals surface area contributed by atoms with E-state index in [4.69, 9.17) is 30.8 Å². The fraction of sp³-hybridized carbons (Fsp3) is 0.214. The summed E-state index contributed by atoms with van der Waals surface area (Å²) in [5, 5.41) is 1.04. The van der Waals surface area contributed by atoms with Gasteiger partial charge in [-0.15, -0.1) is 0 Å². The molecule has 0 spiro atoms. The first-order valence-corrected chi connectivity index (χ1v) is 12.8. The zero-order chi connectivity index (χ0) is 25.5. The summed E-state index contributed by atoms with van der Waals surface area (Å²) in [6.45, 7) is 5.10. The third-order valence-corrected chi connectivity index (χ3v) is 6.57. The Balaban J connectivity index is 1.70. The van der Waals surface area contributed by atoms with E-state index in [9.17, 15) is 4.79 Å². The molecule has 0 N–H and O–H groups in total. The summed E-state index contributed by atoms with van der Waals surface area (Å²) >= 11 is 7.83. The van der Waals surface area contributed by atoms with Crippen molar-refractivity contribution in [3.05, 3.63) is 87.8 Å². The molecule has 0 aromatic heterocycles. The van der Waals surface area contributed by atoms with E-state index in [-0.39, 0.29) is 5.91 Å². The number of methoxy groups -OCH3 is 1. The maximum absolute atomic E-state index is 13.5. The molecule has 1 fully saturated rings. The molecule has 186 valence electrons. The molecule has 8 heteroatoms. The Labute approximate surface area is 220 Å². The minimum absolute atomic E-state index is 0.131. The van der Waals surface area contributed by atoms with Gasteiger partial charge in [-0.25, -0.2) is 4.99 Å². The van der Waals surface area contributed by atoms with Crippen molar-refractivity contribution in [2.24, 2.45) is 4.99 Å². The quantitative estimate of drug-likeness (QED) is 0.284. The number of nitrogens with zero attached hydrogens (tertiary/aromatic N) is 2. The lowest BCUT2D eigenvalue weighted by Crippen LogP contribution is -2.28. The Morgan fingerprint density at radius 1 is 1.00 bits per heavy atom. The summed E-state index contributed by atoms with van der Waals surface area (Å²) < 4.78 is 16.7. The Hall–Kier alpha value is -3.42. The molecule has 3 aromatic rings. The molecule has 1 amide bonds. The van der Waals surface area contributed by atoms with Crippen LogP contribution < -0.4 is 14.2 Å². The molecule has 0 atom stereocenters. The number of aliphatic imine (C=N–C) groups is 1. The predicted octanol–water partition coefficient (Wildman–Crippen LogP) is 6.95. The lowest BCUT2D eigenvalue weighted by Gasteiger charge is -2.16. The van der Waals surface area contributed by atoms with Crippen molar-refractivity contribution in [3.8, 4) is 17.2 Å². The zero-order valence-electron chi connectivity index (χ0n) is 20.4. The molecule has 0 bridgehead atoms. The average molecular weight is 523 g/mol. The molecule has 1 saturated heterocycles. The minimum atomic E-state index is -0.131. The zero-order valence-corrected chi connectivity index (χ0v) is 21.9. The second-order valence-electron chi connectivity index (χ2n) is 7.78. The predicted molar refractivity (Wildman–Crippen MR) is 146 cm³/mol. The smallest absolute Gasteiger partial charge is 0.267 e.